The number of nitrogens with one attached hydrogen (secondary N) is 2. The average Bonchev–Trinajstić information content (AvgIpc) is 2.78. The van der Waals surface area contributed by atoms with Crippen LogP contribution >= 0.6 is 0 Å². The van der Waals surface area contributed by atoms with E-state index in [4.69, 9.17) is 14.2 Å². The molecule has 0 aliphatic rings. The molecule has 2 aromatic rings. The summed E-state index contributed by atoms with van der Waals surface area (Å²) in [6.07, 6.45) is 6.06. The highest BCUT2D eigenvalue weighted by Crippen LogP contribution is 2.19. The number of carbonyl (C=O) groups excluding carboxylic acids is 1. The molecule has 0 saturated carbocycles. The van der Waals surface area contributed by atoms with Crippen molar-refractivity contribution in [2.24, 2.45) is 0 Å². The lowest BCUT2D eigenvalue weighted by atomic mass is 10.2. The highest BCUT2D eigenvalue weighted by Gasteiger charge is 2.05. The van der Waals surface area contributed by atoms with Crippen LogP contribution in [0.3, 0.4) is 0 Å². The van der Waals surface area contributed by atoms with E-state index in [1.807, 2.05) is 49.4 Å². The van der Waals surface area contributed by atoms with Gasteiger partial charge in [0.2, 0.25) is 5.91 Å². The van der Waals surface area contributed by atoms with Crippen molar-refractivity contribution in [3.63, 3.8) is 0 Å². The Kier molecular flexibility index (Phi) is 12.0. The predicted octanol–water partition coefficient (Wildman–Crippen LogP) is 5.50. The van der Waals surface area contributed by atoms with E-state index >= 15 is 0 Å². The van der Waals surface area contributed by atoms with Crippen LogP contribution in [-0.2, 0) is 9.53 Å². The molecule has 0 bridgehead atoms. The Morgan fingerprint density at radius 1 is 0.806 bits per heavy atom. The molecule has 2 rings (SSSR count). The fourth-order valence-corrected chi connectivity index (χ4v) is 3.01. The van der Waals surface area contributed by atoms with E-state index in [1.54, 1.807) is 6.07 Å². The zero-order chi connectivity index (χ0) is 22.2. The fourth-order valence-electron chi connectivity index (χ4n) is 3.01. The van der Waals surface area contributed by atoms with Crippen LogP contribution in [0, 0.1) is 0 Å². The Morgan fingerprint density at radius 2 is 1.48 bits per heavy atom. The number of amides is 1. The highest BCUT2D eigenvalue weighted by atomic mass is 16.5. The van der Waals surface area contributed by atoms with Crippen LogP contribution in [0.4, 0.5) is 11.4 Å². The van der Waals surface area contributed by atoms with Crippen LogP contribution in [0.25, 0.3) is 0 Å². The number of anilines is 2. The Bertz CT molecular complexity index is 767. The lowest BCUT2D eigenvalue weighted by Gasteiger charge is -2.11. The molecule has 2 aromatic carbocycles. The third-order valence-corrected chi connectivity index (χ3v) is 4.62. The summed E-state index contributed by atoms with van der Waals surface area (Å²) < 4.78 is 16.7. The maximum atomic E-state index is 12.3. The summed E-state index contributed by atoms with van der Waals surface area (Å²) in [5.41, 5.74) is 1.55. The Labute approximate surface area is 186 Å². The number of ether oxygens (including phenoxy) is 3. The van der Waals surface area contributed by atoms with Crippen LogP contribution in [0.1, 0.15) is 46.0 Å². The van der Waals surface area contributed by atoms with Crippen molar-refractivity contribution in [3.05, 3.63) is 48.5 Å². The van der Waals surface area contributed by atoms with Crippen molar-refractivity contribution < 1.29 is 19.0 Å². The van der Waals surface area contributed by atoms with Gasteiger partial charge in [0.25, 0.3) is 0 Å². The van der Waals surface area contributed by atoms with Crippen LogP contribution in [0.2, 0.25) is 0 Å². The molecule has 1 amide bonds. The third-order valence-electron chi connectivity index (χ3n) is 4.62. The van der Waals surface area contributed by atoms with E-state index in [-0.39, 0.29) is 12.5 Å². The van der Waals surface area contributed by atoms with Crippen molar-refractivity contribution in [1.29, 1.82) is 0 Å². The van der Waals surface area contributed by atoms with Gasteiger partial charge in [-0.2, -0.15) is 0 Å². The monoisotopic (exact) mass is 428 g/mol. The second kappa shape index (κ2) is 15.1. The van der Waals surface area contributed by atoms with Crippen LogP contribution < -0.4 is 20.1 Å². The molecule has 0 saturated heterocycles. The topological polar surface area (TPSA) is 68.8 Å². The van der Waals surface area contributed by atoms with Gasteiger partial charge in [-0.05, 0) is 37.6 Å². The number of carbonyl (C=O) groups is 1. The molecular formula is C25H36N2O4. The van der Waals surface area contributed by atoms with Crippen molar-refractivity contribution in [2.75, 3.05) is 43.6 Å². The van der Waals surface area contributed by atoms with Crippen molar-refractivity contribution in [3.8, 4) is 11.5 Å². The largest absolute Gasteiger partial charge is 0.494 e. The molecule has 6 heteroatoms. The molecule has 0 fully saturated rings. The molecule has 0 spiro atoms. The van der Waals surface area contributed by atoms with Crippen molar-refractivity contribution in [2.45, 2.75) is 46.0 Å². The van der Waals surface area contributed by atoms with Gasteiger partial charge >= 0.3 is 0 Å². The van der Waals surface area contributed by atoms with Gasteiger partial charge < -0.3 is 24.8 Å². The number of benzene rings is 2. The fraction of sp³-hybridized carbons (Fsp3) is 0.480. The van der Waals surface area contributed by atoms with Gasteiger partial charge in [0, 0.05) is 30.1 Å². The van der Waals surface area contributed by atoms with E-state index in [9.17, 15) is 4.79 Å². The lowest BCUT2D eigenvalue weighted by molar-refractivity contribution is -0.114. The summed E-state index contributed by atoms with van der Waals surface area (Å²) in [6, 6.07) is 15.1. The minimum atomic E-state index is -0.131. The summed E-state index contributed by atoms with van der Waals surface area (Å²) in [5, 5.41) is 6.03. The summed E-state index contributed by atoms with van der Waals surface area (Å²) in [6.45, 7) is 6.73. The van der Waals surface area contributed by atoms with Gasteiger partial charge in [0.15, 0.2) is 0 Å². The average molecular weight is 429 g/mol. The highest BCUT2D eigenvalue weighted by molar-refractivity contribution is 5.93. The normalized spacial score (nSPS) is 10.5. The molecule has 0 unspecified atom stereocenters. The second-order valence-corrected chi connectivity index (χ2v) is 7.27. The van der Waals surface area contributed by atoms with Gasteiger partial charge in [0.05, 0.1) is 19.8 Å². The molecule has 31 heavy (non-hydrogen) atoms. The molecule has 0 atom stereocenters. The molecule has 0 aliphatic heterocycles. The molecule has 170 valence electrons. The second-order valence-electron chi connectivity index (χ2n) is 7.27. The molecular weight excluding hydrogens is 392 g/mol. The first-order valence-electron chi connectivity index (χ1n) is 11.3. The molecule has 2 N–H and O–H groups in total. The Hall–Kier alpha value is -2.73. The Morgan fingerprint density at radius 3 is 2.23 bits per heavy atom. The molecule has 0 heterocycles. The standard InChI is InChI=1S/C25H36N2O4/c1-3-5-6-7-8-15-30-23-13-9-11-21(18-23)26-20-25(28)27-22-12-10-14-24(19-22)31-17-16-29-4-2/h9-14,18-19,26H,3-8,15-17,20H2,1-2H3,(H,27,28). The quantitative estimate of drug-likeness (QED) is 0.346. The summed E-state index contributed by atoms with van der Waals surface area (Å²) in [7, 11) is 0. The predicted molar refractivity (Wildman–Crippen MR) is 126 cm³/mol. The summed E-state index contributed by atoms with van der Waals surface area (Å²) in [5.74, 6) is 1.39. The number of hydrogen-bond donors (Lipinski definition) is 2. The van der Waals surface area contributed by atoms with Gasteiger partial charge in [-0.3, -0.25) is 4.79 Å². The van der Waals surface area contributed by atoms with Gasteiger partial charge in [-0.25, -0.2) is 0 Å². The maximum Gasteiger partial charge on any atom is 0.243 e. The van der Waals surface area contributed by atoms with Crippen LogP contribution in [0.15, 0.2) is 48.5 Å². The number of hydrogen-bond acceptors (Lipinski definition) is 5. The van der Waals surface area contributed by atoms with E-state index in [0.29, 0.717) is 31.3 Å². The smallest absolute Gasteiger partial charge is 0.243 e. The maximum absolute atomic E-state index is 12.3. The van der Waals surface area contributed by atoms with Crippen molar-refractivity contribution >= 4 is 17.3 Å². The zero-order valence-corrected chi connectivity index (χ0v) is 18.8. The van der Waals surface area contributed by atoms with E-state index < -0.39 is 0 Å². The SMILES string of the molecule is CCCCCCCOc1cccc(NCC(=O)Nc2cccc(OCCOCC)c2)c1. The van der Waals surface area contributed by atoms with Gasteiger partial charge in [-0.1, -0.05) is 44.7 Å². The molecule has 6 nitrogen and oxygen atoms in total. The van der Waals surface area contributed by atoms with Crippen LogP contribution in [0.5, 0.6) is 11.5 Å². The van der Waals surface area contributed by atoms with E-state index in [2.05, 4.69) is 17.6 Å². The third kappa shape index (κ3) is 10.7. The lowest BCUT2D eigenvalue weighted by Crippen LogP contribution is -2.21. The number of unbranched alkanes of at least 4 members (excludes halogenated alkanes) is 4. The first-order valence-corrected chi connectivity index (χ1v) is 11.3. The Balaban J connectivity index is 1.72. The molecule has 0 aromatic heterocycles. The molecule has 0 aliphatic carbocycles. The summed E-state index contributed by atoms with van der Waals surface area (Å²) >= 11 is 0. The van der Waals surface area contributed by atoms with E-state index in [1.165, 1.54) is 25.7 Å². The zero-order valence-electron chi connectivity index (χ0n) is 18.8. The first kappa shape index (κ1) is 24.5. The van der Waals surface area contributed by atoms with E-state index in [0.717, 1.165) is 24.5 Å². The van der Waals surface area contributed by atoms with Gasteiger partial charge in [-0.15, -0.1) is 0 Å². The minimum absolute atomic E-state index is 0.131. The van der Waals surface area contributed by atoms with Crippen LogP contribution in [-0.4, -0.2) is 38.9 Å². The summed E-state index contributed by atoms with van der Waals surface area (Å²) in [4.78, 5) is 12.3. The molecule has 0 radical (unpaired) electrons. The van der Waals surface area contributed by atoms with Gasteiger partial charge in [0.1, 0.15) is 18.1 Å². The minimum Gasteiger partial charge on any atom is -0.494 e. The first-order chi connectivity index (χ1) is 15.2. The number of rotatable bonds is 16. The van der Waals surface area contributed by atoms with Crippen molar-refractivity contribution in [1.82, 2.24) is 0 Å².